The van der Waals surface area contributed by atoms with Crippen LogP contribution >= 0.6 is 11.3 Å². The van der Waals surface area contributed by atoms with Crippen molar-refractivity contribution in [2.45, 2.75) is 0 Å². The average molecular weight is 768 g/mol. The van der Waals surface area contributed by atoms with Crippen molar-refractivity contribution in [1.29, 1.82) is 0 Å². The van der Waals surface area contributed by atoms with Gasteiger partial charge in [-0.2, -0.15) is 4.98 Å². The van der Waals surface area contributed by atoms with Crippen LogP contribution in [-0.2, 0) is 0 Å². The van der Waals surface area contributed by atoms with Crippen molar-refractivity contribution in [3.05, 3.63) is 176 Å². The van der Waals surface area contributed by atoms with E-state index in [4.69, 9.17) is 14.4 Å². The van der Waals surface area contributed by atoms with Gasteiger partial charge in [0.2, 0.25) is 5.71 Å². The predicted molar refractivity (Wildman–Crippen MR) is 250 cm³/mol. The van der Waals surface area contributed by atoms with Gasteiger partial charge in [-0.1, -0.05) is 127 Å². The lowest BCUT2D eigenvalue weighted by molar-refractivity contribution is 0.652. The summed E-state index contributed by atoms with van der Waals surface area (Å²) < 4.78 is 11.4. The van der Waals surface area contributed by atoms with Crippen LogP contribution in [-0.4, -0.2) is 14.5 Å². The van der Waals surface area contributed by atoms with Gasteiger partial charge in [0.1, 0.15) is 16.8 Å². The minimum Gasteiger partial charge on any atom is -0.436 e. The zero-order valence-corrected chi connectivity index (χ0v) is 32.2. The van der Waals surface area contributed by atoms with E-state index in [2.05, 4.69) is 162 Å². The summed E-state index contributed by atoms with van der Waals surface area (Å²) in [6.07, 6.45) is 0. The highest BCUT2D eigenvalue weighted by Crippen LogP contribution is 2.45. The van der Waals surface area contributed by atoms with E-state index in [1.165, 1.54) is 84.8 Å². The minimum absolute atomic E-state index is 0.521. The van der Waals surface area contributed by atoms with Crippen molar-refractivity contribution < 1.29 is 4.42 Å². The van der Waals surface area contributed by atoms with E-state index in [1.807, 2.05) is 29.5 Å². The molecule has 0 atom stereocenters. The molecule has 0 amide bonds. The third kappa shape index (κ3) is 4.32. The normalized spacial score (nSPS) is 12.4. The number of para-hydroxylation sites is 1. The molecule has 0 radical (unpaired) electrons. The second-order valence-electron chi connectivity index (χ2n) is 15.7. The van der Waals surface area contributed by atoms with Gasteiger partial charge in [-0.15, -0.1) is 11.3 Å². The molecule has 5 heteroatoms. The predicted octanol–water partition coefficient (Wildman–Crippen LogP) is 15.3. The van der Waals surface area contributed by atoms with Gasteiger partial charge < -0.3 is 4.42 Å². The molecule has 4 heterocycles. The van der Waals surface area contributed by atoms with Gasteiger partial charge in [-0.05, 0) is 102 Å². The van der Waals surface area contributed by atoms with Gasteiger partial charge in [0.25, 0.3) is 0 Å². The van der Waals surface area contributed by atoms with Crippen LogP contribution in [0.15, 0.2) is 180 Å². The third-order valence-corrected chi connectivity index (χ3v) is 13.7. The largest absolute Gasteiger partial charge is 0.436 e. The van der Waals surface area contributed by atoms with E-state index in [9.17, 15) is 0 Å². The Hall–Kier alpha value is -7.60. The molecule has 0 bridgehead atoms. The number of benzene rings is 10. The molecule has 4 aromatic heterocycles. The van der Waals surface area contributed by atoms with E-state index < -0.39 is 0 Å². The van der Waals surface area contributed by atoms with Crippen molar-refractivity contribution in [3.8, 4) is 17.1 Å². The number of hydrogen-bond acceptors (Lipinski definition) is 4. The lowest BCUT2D eigenvalue weighted by Gasteiger charge is -2.15. The molecule has 0 N–H and O–H groups in total. The first-order chi connectivity index (χ1) is 29.2. The Labute approximate surface area is 339 Å². The fourth-order valence-corrected chi connectivity index (χ4v) is 11.0. The summed E-state index contributed by atoms with van der Waals surface area (Å²) in [5.41, 5.74) is 6.01. The van der Waals surface area contributed by atoms with E-state index in [0.717, 1.165) is 44.6 Å². The van der Waals surface area contributed by atoms with E-state index in [-0.39, 0.29) is 0 Å². The quantitative estimate of drug-likeness (QED) is 0.165. The van der Waals surface area contributed by atoms with Crippen LogP contribution in [0.4, 0.5) is 0 Å². The number of thiophene rings is 1. The molecular formula is C54H29N3OS. The summed E-state index contributed by atoms with van der Waals surface area (Å²) >= 11 is 1.85. The van der Waals surface area contributed by atoms with Crippen molar-refractivity contribution in [2.24, 2.45) is 0 Å². The number of aromatic nitrogens is 3. The lowest BCUT2D eigenvalue weighted by Crippen LogP contribution is -2.03. The Bertz CT molecular complexity index is 4120. The molecule has 272 valence electrons. The second-order valence-corrected chi connectivity index (χ2v) is 16.8. The molecule has 0 saturated heterocycles. The Morgan fingerprint density at radius 3 is 1.80 bits per heavy atom. The Balaban J connectivity index is 1.15. The molecule has 0 fully saturated rings. The molecule has 59 heavy (non-hydrogen) atoms. The maximum atomic E-state index is 6.52. The Morgan fingerprint density at radius 2 is 1.02 bits per heavy atom. The molecule has 10 aromatic carbocycles. The highest BCUT2D eigenvalue weighted by atomic mass is 32.1. The number of furan rings is 1. The standard InChI is InChI=1S/C54H29N3OS/c1-2-13-32-27-45-42(25-31(32)12-1)43-28-44-49(59-48-24-22-30-11-3-4-14-34(30)50(44)48)29-46(43)57(45)53-51(55-52-40-19-9-10-20-47(40)58-54(52)56-53)33-21-23-39-37-17-6-5-15-35(37)36-16-7-8-18-38(36)41(39)26-33/h1-29H. The Kier molecular flexibility index (Phi) is 6.14. The first-order valence-electron chi connectivity index (χ1n) is 20.0. The summed E-state index contributed by atoms with van der Waals surface area (Å²) in [5, 5.41) is 18.2. The lowest BCUT2D eigenvalue weighted by atomic mass is 9.93. The van der Waals surface area contributed by atoms with Gasteiger partial charge in [0.05, 0.1) is 11.0 Å². The first kappa shape index (κ1) is 31.5. The van der Waals surface area contributed by atoms with Crippen molar-refractivity contribution >= 4 is 129 Å². The van der Waals surface area contributed by atoms with Crippen LogP contribution < -0.4 is 0 Å². The average Bonchev–Trinajstić information content (AvgIpc) is 3.95. The topological polar surface area (TPSA) is 43.9 Å². The molecule has 0 unspecified atom stereocenters. The number of rotatable bonds is 2. The highest BCUT2D eigenvalue weighted by Gasteiger charge is 2.24. The van der Waals surface area contributed by atoms with Crippen LogP contribution in [0.1, 0.15) is 0 Å². The van der Waals surface area contributed by atoms with Gasteiger partial charge >= 0.3 is 0 Å². The number of nitrogens with zero attached hydrogens (tertiary/aromatic N) is 3. The Morgan fingerprint density at radius 1 is 0.407 bits per heavy atom. The molecule has 14 aromatic rings. The third-order valence-electron chi connectivity index (χ3n) is 12.5. The van der Waals surface area contributed by atoms with Crippen molar-refractivity contribution in [2.75, 3.05) is 0 Å². The van der Waals surface area contributed by atoms with Crippen molar-refractivity contribution in [3.63, 3.8) is 0 Å². The molecule has 0 saturated carbocycles. The summed E-state index contributed by atoms with van der Waals surface area (Å²) in [6, 6.07) is 63.8. The number of fused-ring (bicyclic) bond motifs is 18. The van der Waals surface area contributed by atoms with Gasteiger partial charge in [-0.3, -0.25) is 4.57 Å². The van der Waals surface area contributed by atoms with Crippen molar-refractivity contribution in [1.82, 2.24) is 14.5 Å². The van der Waals surface area contributed by atoms with Gasteiger partial charge in [0, 0.05) is 41.9 Å². The second kappa shape index (κ2) is 11.5. The summed E-state index contributed by atoms with van der Waals surface area (Å²) in [4.78, 5) is 11.1. The number of hydrogen-bond donors (Lipinski definition) is 0. The molecule has 0 aliphatic heterocycles. The van der Waals surface area contributed by atoms with E-state index in [0.29, 0.717) is 5.71 Å². The molecule has 0 aliphatic carbocycles. The fourth-order valence-electron chi connectivity index (χ4n) is 9.89. The van der Waals surface area contributed by atoms with Crippen LogP contribution in [0.5, 0.6) is 0 Å². The molecule has 4 nitrogen and oxygen atoms in total. The molecular weight excluding hydrogens is 739 g/mol. The summed E-state index contributed by atoms with van der Waals surface area (Å²) in [6.45, 7) is 0. The van der Waals surface area contributed by atoms with Gasteiger partial charge in [0.15, 0.2) is 5.82 Å². The zero-order valence-electron chi connectivity index (χ0n) is 31.4. The molecule has 14 rings (SSSR count). The van der Waals surface area contributed by atoms with Crippen LogP contribution in [0.25, 0.3) is 135 Å². The smallest absolute Gasteiger partial charge is 0.248 e. The minimum atomic E-state index is 0.521. The van der Waals surface area contributed by atoms with Crippen LogP contribution in [0, 0.1) is 0 Å². The fraction of sp³-hybridized carbons (Fsp3) is 0. The SMILES string of the molecule is c1ccc2cc3c(cc2c1)c1cc2c(cc1n3-c1nc3oc4ccccc4c3nc1-c1ccc3c4ccccc4c4ccccc4c3c1)sc1ccc3ccccc3c12. The van der Waals surface area contributed by atoms with E-state index >= 15 is 0 Å². The maximum Gasteiger partial charge on any atom is 0.248 e. The van der Waals surface area contributed by atoms with Crippen LogP contribution in [0.2, 0.25) is 0 Å². The highest BCUT2D eigenvalue weighted by molar-refractivity contribution is 7.26. The van der Waals surface area contributed by atoms with E-state index in [1.54, 1.807) is 0 Å². The zero-order chi connectivity index (χ0) is 38.3. The van der Waals surface area contributed by atoms with Crippen LogP contribution in [0.3, 0.4) is 0 Å². The summed E-state index contributed by atoms with van der Waals surface area (Å²) in [7, 11) is 0. The molecule has 0 spiro atoms. The first-order valence-corrected chi connectivity index (χ1v) is 20.8. The molecule has 0 aliphatic rings. The maximum absolute atomic E-state index is 6.52. The monoisotopic (exact) mass is 767 g/mol. The summed E-state index contributed by atoms with van der Waals surface area (Å²) in [5.74, 6) is 0.738. The van der Waals surface area contributed by atoms with Gasteiger partial charge in [-0.25, -0.2) is 4.98 Å².